The molecule has 0 saturated heterocycles. The Labute approximate surface area is 169 Å². The third-order valence-electron chi connectivity index (χ3n) is 3.64. The second-order valence-corrected chi connectivity index (χ2v) is 7.60. The number of halogens is 1. The topological polar surface area (TPSA) is 69.0 Å². The number of methoxy groups -OCH3 is 1. The van der Waals surface area contributed by atoms with Crippen molar-refractivity contribution in [3.8, 4) is 17.1 Å². The van der Waals surface area contributed by atoms with Gasteiger partial charge in [-0.1, -0.05) is 23.9 Å². The molecule has 6 nitrogen and oxygen atoms in total. The van der Waals surface area contributed by atoms with E-state index in [1.807, 2.05) is 60.1 Å². The van der Waals surface area contributed by atoms with Crippen molar-refractivity contribution in [3.63, 3.8) is 0 Å². The molecule has 1 heterocycles. The summed E-state index contributed by atoms with van der Waals surface area (Å²) in [5, 5.41) is 12.0. The Morgan fingerprint density at radius 3 is 2.65 bits per heavy atom. The molecule has 0 aliphatic carbocycles. The fourth-order valence-electron chi connectivity index (χ4n) is 2.36. The molecule has 8 heteroatoms. The van der Waals surface area contributed by atoms with Crippen LogP contribution in [0, 0.1) is 3.57 Å². The maximum absolute atomic E-state index is 12.1. The molecule has 0 bridgehead atoms. The van der Waals surface area contributed by atoms with Crippen molar-refractivity contribution in [2.75, 3.05) is 18.2 Å². The van der Waals surface area contributed by atoms with E-state index in [0.29, 0.717) is 11.0 Å². The Bertz CT molecular complexity index is 912. The molecule has 3 rings (SSSR count). The highest BCUT2D eigenvalue weighted by Gasteiger charge is 2.15. The van der Waals surface area contributed by atoms with Crippen molar-refractivity contribution in [1.29, 1.82) is 0 Å². The van der Waals surface area contributed by atoms with Crippen molar-refractivity contribution in [2.24, 2.45) is 7.05 Å². The minimum Gasteiger partial charge on any atom is -0.496 e. The standard InChI is InChI=1S/C18H17IN4O2S/c1-23-17(14-5-3-4-6-15(14)25-2)21-22-18(23)26-11-16(24)20-13-9-7-12(19)8-10-13/h3-10H,11H2,1-2H3,(H,20,24). The van der Waals surface area contributed by atoms with Crippen molar-refractivity contribution < 1.29 is 9.53 Å². The van der Waals surface area contributed by atoms with Gasteiger partial charge in [0.2, 0.25) is 5.91 Å². The summed E-state index contributed by atoms with van der Waals surface area (Å²) in [5.41, 5.74) is 1.64. The molecule has 1 amide bonds. The monoisotopic (exact) mass is 480 g/mol. The van der Waals surface area contributed by atoms with Gasteiger partial charge in [-0.05, 0) is 59.0 Å². The predicted octanol–water partition coefficient (Wildman–Crippen LogP) is 3.83. The van der Waals surface area contributed by atoms with E-state index in [0.717, 1.165) is 20.6 Å². The van der Waals surface area contributed by atoms with Crippen LogP contribution in [-0.2, 0) is 11.8 Å². The third kappa shape index (κ3) is 4.36. The number of hydrogen-bond donors (Lipinski definition) is 1. The lowest BCUT2D eigenvalue weighted by Gasteiger charge is -2.08. The van der Waals surface area contributed by atoms with Crippen LogP contribution >= 0.6 is 34.4 Å². The molecule has 26 heavy (non-hydrogen) atoms. The van der Waals surface area contributed by atoms with E-state index in [1.165, 1.54) is 11.8 Å². The average Bonchev–Trinajstić information content (AvgIpc) is 3.02. The van der Waals surface area contributed by atoms with E-state index < -0.39 is 0 Å². The van der Waals surface area contributed by atoms with Gasteiger partial charge in [0.1, 0.15) is 5.75 Å². The zero-order valence-electron chi connectivity index (χ0n) is 14.3. The fraction of sp³-hybridized carbons (Fsp3) is 0.167. The van der Waals surface area contributed by atoms with Crippen LogP contribution < -0.4 is 10.1 Å². The molecular weight excluding hydrogens is 463 g/mol. The Morgan fingerprint density at radius 1 is 1.19 bits per heavy atom. The molecule has 3 aromatic rings. The van der Waals surface area contributed by atoms with Crippen LogP contribution in [0.4, 0.5) is 5.69 Å². The Kier molecular flexibility index (Phi) is 6.15. The normalized spacial score (nSPS) is 10.6. The molecule has 134 valence electrons. The average molecular weight is 480 g/mol. The number of nitrogens with zero attached hydrogens (tertiary/aromatic N) is 3. The quantitative estimate of drug-likeness (QED) is 0.429. The lowest BCUT2D eigenvalue weighted by molar-refractivity contribution is -0.113. The molecule has 0 radical (unpaired) electrons. The van der Waals surface area contributed by atoms with Gasteiger partial charge in [0, 0.05) is 16.3 Å². The van der Waals surface area contributed by atoms with Crippen LogP contribution in [-0.4, -0.2) is 33.5 Å². The van der Waals surface area contributed by atoms with Gasteiger partial charge >= 0.3 is 0 Å². The minimum atomic E-state index is -0.0851. The summed E-state index contributed by atoms with van der Waals surface area (Å²) >= 11 is 3.57. The van der Waals surface area contributed by atoms with Gasteiger partial charge in [0.05, 0.1) is 18.4 Å². The van der Waals surface area contributed by atoms with E-state index in [-0.39, 0.29) is 11.7 Å². The summed E-state index contributed by atoms with van der Waals surface area (Å²) in [6.45, 7) is 0. The van der Waals surface area contributed by atoms with Gasteiger partial charge in [-0.15, -0.1) is 10.2 Å². The van der Waals surface area contributed by atoms with Gasteiger partial charge in [0.15, 0.2) is 11.0 Å². The first-order chi connectivity index (χ1) is 12.6. The minimum absolute atomic E-state index is 0.0851. The van der Waals surface area contributed by atoms with E-state index in [9.17, 15) is 4.79 Å². The lowest BCUT2D eigenvalue weighted by Crippen LogP contribution is -2.14. The first-order valence-corrected chi connectivity index (χ1v) is 9.86. The Balaban J connectivity index is 1.67. The highest BCUT2D eigenvalue weighted by atomic mass is 127. The summed E-state index contributed by atoms with van der Waals surface area (Å²) in [7, 11) is 3.50. The molecule has 0 atom stereocenters. The molecule has 1 N–H and O–H groups in total. The number of para-hydroxylation sites is 1. The van der Waals surface area contributed by atoms with Crippen LogP contribution in [0.3, 0.4) is 0 Å². The molecular formula is C18H17IN4O2S. The Morgan fingerprint density at radius 2 is 1.92 bits per heavy atom. The summed E-state index contributed by atoms with van der Waals surface area (Å²) in [6.07, 6.45) is 0. The summed E-state index contributed by atoms with van der Waals surface area (Å²) in [4.78, 5) is 12.1. The molecule has 0 aliphatic heterocycles. The van der Waals surface area contributed by atoms with Crippen molar-refractivity contribution in [3.05, 3.63) is 52.1 Å². The first-order valence-electron chi connectivity index (χ1n) is 7.79. The van der Waals surface area contributed by atoms with Gasteiger partial charge in [-0.3, -0.25) is 4.79 Å². The Hall–Kier alpha value is -2.07. The van der Waals surface area contributed by atoms with E-state index in [2.05, 4.69) is 38.1 Å². The highest BCUT2D eigenvalue weighted by molar-refractivity contribution is 14.1. The van der Waals surface area contributed by atoms with Gasteiger partial charge in [-0.2, -0.15) is 0 Å². The first kappa shape index (κ1) is 18.7. The number of carbonyl (C=O) groups excluding carboxylic acids is 1. The molecule has 0 spiro atoms. The smallest absolute Gasteiger partial charge is 0.234 e. The molecule has 0 aliphatic rings. The van der Waals surface area contributed by atoms with Gasteiger partial charge in [-0.25, -0.2) is 0 Å². The zero-order chi connectivity index (χ0) is 18.5. The lowest BCUT2D eigenvalue weighted by atomic mass is 10.2. The summed E-state index contributed by atoms with van der Waals surface area (Å²) < 4.78 is 8.37. The van der Waals surface area contributed by atoms with Crippen molar-refractivity contribution in [2.45, 2.75) is 5.16 Å². The van der Waals surface area contributed by atoms with Crippen molar-refractivity contribution in [1.82, 2.24) is 14.8 Å². The number of ether oxygens (including phenoxy) is 1. The van der Waals surface area contributed by atoms with Crippen LogP contribution in [0.25, 0.3) is 11.4 Å². The number of anilines is 1. The van der Waals surface area contributed by atoms with E-state index in [4.69, 9.17) is 4.74 Å². The molecule has 0 unspecified atom stereocenters. The third-order valence-corrected chi connectivity index (χ3v) is 5.38. The number of carbonyl (C=O) groups is 1. The van der Waals surface area contributed by atoms with Crippen LogP contribution in [0.1, 0.15) is 0 Å². The molecule has 0 saturated carbocycles. The van der Waals surface area contributed by atoms with E-state index >= 15 is 0 Å². The molecule has 0 fully saturated rings. The SMILES string of the molecule is COc1ccccc1-c1nnc(SCC(=O)Nc2ccc(I)cc2)n1C. The number of amides is 1. The maximum Gasteiger partial charge on any atom is 0.234 e. The number of aromatic nitrogens is 3. The second kappa shape index (κ2) is 8.54. The number of rotatable bonds is 6. The second-order valence-electron chi connectivity index (χ2n) is 5.41. The maximum atomic E-state index is 12.1. The fourth-order valence-corrected chi connectivity index (χ4v) is 3.44. The number of thioether (sulfide) groups is 1. The number of hydrogen-bond acceptors (Lipinski definition) is 5. The molecule has 2 aromatic carbocycles. The highest BCUT2D eigenvalue weighted by Crippen LogP contribution is 2.29. The van der Waals surface area contributed by atoms with Gasteiger partial charge < -0.3 is 14.6 Å². The van der Waals surface area contributed by atoms with E-state index in [1.54, 1.807) is 7.11 Å². The largest absolute Gasteiger partial charge is 0.496 e. The zero-order valence-corrected chi connectivity index (χ0v) is 17.2. The number of benzene rings is 2. The van der Waals surface area contributed by atoms with Crippen LogP contribution in [0.5, 0.6) is 5.75 Å². The van der Waals surface area contributed by atoms with Crippen LogP contribution in [0.2, 0.25) is 0 Å². The summed E-state index contributed by atoms with van der Waals surface area (Å²) in [5.74, 6) is 1.60. The molecule has 1 aromatic heterocycles. The predicted molar refractivity (Wildman–Crippen MR) is 112 cm³/mol. The van der Waals surface area contributed by atoms with Crippen molar-refractivity contribution >= 4 is 45.9 Å². The van der Waals surface area contributed by atoms with Gasteiger partial charge in [0.25, 0.3) is 0 Å². The number of nitrogens with one attached hydrogen (secondary N) is 1. The summed E-state index contributed by atoms with van der Waals surface area (Å²) in [6, 6.07) is 15.3. The van der Waals surface area contributed by atoms with Crippen LogP contribution in [0.15, 0.2) is 53.7 Å².